The van der Waals surface area contributed by atoms with Crippen LogP contribution in [0.1, 0.15) is 5.69 Å². The summed E-state index contributed by atoms with van der Waals surface area (Å²) in [7, 11) is -4.30. The van der Waals surface area contributed by atoms with Crippen molar-refractivity contribution in [3.05, 3.63) is 65.4 Å². The summed E-state index contributed by atoms with van der Waals surface area (Å²) in [4.78, 5) is -1.26. The van der Waals surface area contributed by atoms with Crippen LogP contribution in [0.4, 0.5) is 30.7 Å². The molecule has 2 aromatic carbocycles. The Morgan fingerprint density at radius 2 is 1.45 bits per heavy atom. The summed E-state index contributed by atoms with van der Waals surface area (Å²) in [6.07, 6.45) is -4.40. The Labute approximate surface area is 159 Å². The summed E-state index contributed by atoms with van der Waals surface area (Å²) in [6.45, 7) is 0. The maximum atomic E-state index is 14.2. The lowest BCUT2D eigenvalue weighted by Crippen LogP contribution is -2.10. The summed E-state index contributed by atoms with van der Waals surface area (Å²) in [5, 5.41) is 3.25. The van der Waals surface area contributed by atoms with Gasteiger partial charge >= 0.3 is 6.18 Å². The highest BCUT2D eigenvalue weighted by Crippen LogP contribution is 2.34. The first-order valence-electron chi connectivity index (χ1n) is 7.61. The lowest BCUT2D eigenvalue weighted by molar-refractivity contribution is -0.141. The van der Waals surface area contributed by atoms with E-state index in [2.05, 4.69) is 5.10 Å². The summed E-state index contributed by atoms with van der Waals surface area (Å²) < 4.78 is 118. The van der Waals surface area contributed by atoms with Crippen LogP contribution < -0.4 is 0 Å². The molecule has 0 spiro atoms. The highest BCUT2D eigenvalue weighted by atomic mass is 32.2. The van der Waals surface area contributed by atoms with Crippen LogP contribution in [-0.4, -0.2) is 24.5 Å². The second-order valence-electron chi connectivity index (χ2n) is 5.96. The number of hydrogen-bond donors (Lipinski definition) is 0. The minimum atomic E-state index is -4.96. The molecule has 0 bridgehead atoms. The van der Waals surface area contributed by atoms with E-state index in [-0.39, 0.29) is 5.56 Å². The van der Waals surface area contributed by atoms with Crippen molar-refractivity contribution in [1.29, 1.82) is 0 Å². The molecule has 0 saturated carbocycles. The van der Waals surface area contributed by atoms with Gasteiger partial charge in [-0.15, -0.1) is 0 Å². The molecule has 0 atom stereocenters. The van der Waals surface area contributed by atoms with E-state index in [4.69, 9.17) is 0 Å². The van der Waals surface area contributed by atoms with E-state index in [1.54, 1.807) is 0 Å². The molecule has 0 saturated heterocycles. The van der Waals surface area contributed by atoms with E-state index in [1.165, 1.54) is 0 Å². The monoisotopic (exact) mass is 438 g/mol. The highest BCUT2D eigenvalue weighted by Gasteiger charge is 2.35. The molecular weight excluding hydrogens is 429 g/mol. The van der Waals surface area contributed by atoms with Crippen molar-refractivity contribution in [2.24, 2.45) is 0 Å². The van der Waals surface area contributed by atoms with Gasteiger partial charge in [0.2, 0.25) is 0 Å². The Kier molecular flexibility index (Phi) is 4.93. The summed E-state index contributed by atoms with van der Waals surface area (Å²) in [5.74, 6) is -5.73. The molecule has 29 heavy (non-hydrogen) atoms. The summed E-state index contributed by atoms with van der Waals surface area (Å²) >= 11 is 0. The second-order valence-corrected chi connectivity index (χ2v) is 7.92. The van der Waals surface area contributed by atoms with Crippen LogP contribution in [0.25, 0.3) is 16.9 Å². The molecule has 12 heteroatoms. The van der Waals surface area contributed by atoms with Crippen molar-refractivity contribution in [1.82, 2.24) is 9.78 Å². The van der Waals surface area contributed by atoms with Gasteiger partial charge in [0, 0.05) is 24.0 Å². The van der Waals surface area contributed by atoms with E-state index >= 15 is 0 Å². The predicted octanol–water partition coefficient (Wildman–Crippen LogP) is 4.52. The zero-order valence-corrected chi connectivity index (χ0v) is 15.0. The van der Waals surface area contributed by atoms with Crippen molar-refractivity contribution in [2.45, 2.75) is 11.1 Å². The molecule has 1 aromatic heterocycles. The number of sulfone groups is 1. The average Bonchev–Trinajstić information content (AvgIpc) is 3.01. The topological polar surface area (TPSA) is 52.0 Å². The minimum Gasteiger partial charge on any atom is -0.232 e. The number of halogens is 7. The van der Waals surface area contributed by atoms with E-state index in [0.717, 1.165) is 6.07 Å². The van der Waals surface area contributed by atoms with Crippen molar-refractivity contribution in [2.75, 3.05) is 6.26 Å². The lowest BCUT2D eigenvalue weighted by Gasteiger charge is -2.10. The molecule has 154 valence electrons. The van der Waals surface area contributed by atoms with Crippen LogP contribution >= 0.6 is 0 Å². The molecular formula is C17H9F7N2O2S. The van der Waals surface area contributed by atoms with Crippen molar-refractivity contribution < 1.29 is 39.2 Å². The largest absolute Gasteiger partial charge is 0.435 e. The zero-order valence-electron chi connectivity index (χ0n) is 14.2. The molecule has 4 nitrogen and oxygen atoms in total. The maximum Gasteiger partial charge on any atom is 0.435 e. The van der Waals surface area contributed by atoms with Crippen LogP contribution in [0, 0.1) is 23.3 Å². The first kappa shape index (κ1) is 20.8. The van der Waals surface area contributed by atoms with Crippen LogP contribution in [0.15, 0.2) is 41.3 Å². The fourth-order valence-electron chi connectivity index (χ4n) is 2.60. The molecule has 0 unspecified atom stereocenters. The fraction of sp³-hybridized carbons (Fsp3) is 0.118. The number of rotatable bonds is 3. The molecule has 0 aliphatic heterocycles. The molecule has 1 heterocycles. The van der Waals surface area contributed by atoms with Gasteiger partial charge in [-0.25, -0.2) is 30.7 Å². The van der Waals surface area contributed by atoms with Gasteiger partial charge in [0.25, 0.3) is 0 Å². The van der Waals surface area contributed by atoms with Crippen LogP contribution in [0.3, 0.4) is 0 Å². The van der Waals surface area contributed by atoms with E-state index in [9.17, 15) is 39.2 Å². The number of hydrogen-bond acceptors (Lipinski definition) is 3. The van der Waals surface area contributed by atoms with Gasteiger partial charge in [0.1, 0.15) is 16.5 Å². The van der Waals surface area contributed by atoms with Crippen molar-refractivity contribution in [3.63, 3.8) is 0 Å². The number of nitrogens with zero attached hydrogens (tertiary/aromatic N) is 2. The van der Waals surface area contributed by atoms with Crippen LogP contribution in [0.2, 0.25) is 0 Å². The van der Waals surface area contributed by atoms with Gasteiger partial charge in [0.15, 0.2) is 27.2 Å². The first-order chi connectivity index (χ1) is 13.3. The molecule has 0 fully saturated rings. The van der Waals surface area contributed by atoms with Gasteiger partial charge in [-0.2, -0.15) is 18.3 Å². The third kappa shape index (κ3) is 3.97. The molecule has 3 aromatic rings. The van der Waals surface area contributed by atoms with E-state index < -0.39 is 61.3 Å². The molecule has 3 rings (SSSR count). The summed E-state index contributed by atoms with van der Waals surface area (Å²) in [6, 6.07) is 3.60. The molecule has 0 N–H and O–H groups in total. The maximum absolute atomic E-state index is 14.2. The number of benzene rings is 2. The SMILES string of the molecule is CS(=O)(=O)c1c(F)cc(-n2nc(C(F)(F)F)cc2-c2ccc(F)c(F)c2)cc1F. The third-order valence-electron chi connectivity index (χ3n) is 3.81. The quantitative estimate of drug-likeness (QED) is 0.566. The Morgan fingerprint density at radius 1 is 0.862 bits per heavy atom. The van der Waals surface area contributed by atoms with Crippen LogP contribution in [-0.2, 0) is 16.0 Å². The zero-order chi connectivity index (χ0) is 21.7. The number of aromatic nitrogens is 2. The smallest absolute Gasteiger partial charge is 0.232 e. The fourth-order valence-corrected chi connectivity index (χ4v) is 3.43. The Morgan fingerprint density at radius 3 is 1.93 bits per heavy atom. The van der Waals surface area contributed by atoms with Crippen molar-refractivity contribution in [3.8, 4) is 16.9 Å². The van der Waals surface area contributed by atoms with Gasteiger partial charge in [-0.05, 0) is 24.3 Å². The molecule has 0 radical (unpaired) electrons. The van der Waals surface area contributed by atoms with Gasteiger partial charge < -0.3 is 0 Å². The molecule has 0 amide bonds. The first-order valence-corrected chi connectivity index (χ1v) is 9.50. The van der Waals surface area contributed by atoms with Gasteiger partial charge in [-0.3, -0.25) is 0 Å². The standard InChI is InChI=1S/C17H9F7N2O2S/c1-29(27,28)16-12(20)5-9(6-13(16)21)26-14(7-15(25-26)17(22,23)24)8-2-3-10(18)11(19)4-8/h2-7H,1H3. The highest BCUT2D eigenvalue weighted by molar-refractivity contribution is 7.90. The van der Waals surface area contributed by atoms with Gasteiger partial charge in [0.05, 0.1) is 11.4 Å². The van der Waals surface area contributed by atoms with Crippen LogP contribution in [0.5, 0.6) is 0 Å². The Balaban J connectivity index is 2.29. The average molecular weight is 438 g/mol. The number of alkyl halides is 3. The third-order valence-corrected chi connectivity index (χ3v) is 4.95. The van der Waals surface area contributed by atoms with E-state index in [0.29, 0.717) is 41.3 Å². The van der Waals surface area contributed by atoms with Gasteiger partial charge in [-0.1, -0.05) is 0 Å². The minimum absolute atomic E-state index is 0.264. The molecule has 0 aliphatic carbocycles. The lowest BCUT2D eigenvalue weighted by atomic mass is 10.1. The molecule has 0 aliphatic rings. The normalized spacial score (nSPS) is 12.4. The Hall–Kier alpha value is -2.89. The van der Waals surface area contributed by atoms with E-state index in [1.807, 2.05) is 0 Å². The second kappa shape index (κ2) is 6.87. The summed E-state index contributed by atoms with van der Waals surface area (Å²) in [5.41, 5.74) is -2.78. The predicted molar refractivity (Wildman–Crippen MR) is 86.9 cm³/mol. The Bertz CT molecular complexity index is 1190. The van der Waals surface area contributed by atoms with Crippen molar-refractivity contribution >= 4 is 9.84 Å².